The highest BCUT2D eigenvalue weighted by Gasteiger charge is 2.28. The van der Waals surface area contributed by atoms with Crippen LogP contribution in [0, 0.1) is 0 Å². The minimum Gasteiger partial charge on any atom is -0.337 e. The van der Waals surface area contributed by atoms with Gasteiger partial charge in [0.1, 0.15) is 6.54 Å². The molecule has 1 aromatic carbocycles. The maximum absolute atomic E-state index is 12.6. The summed E-state index contributed by atoms with van der Waals surface area (Å²) in [7, 11) is 0. The fourth-order valence-corrected chi connectivity index (χ4v) is 3.24. The van der Waals surface area contributed by atoms with Crippen molar-refractivity contribution < 1.29 is 4.79 Å². The molecule has 1 aliphatic rings. The van der Waals surface area contributed by atoms with Crippen molar-refractivity contribution in [3.8, 4) is 0 Å². The van der Waals surface area contributed by atoms with Crippen LogP contribution in [0.5, 0.6) is 0 Å². The SMILES string of the molecule is NCC1CCCN1C(=O)Cn1c(=O)ccn(Cc2ccccc2)c1=O. The summed E-state index contributed by atoms with van der Waals surface area (Å²) in [6.07, 6.45) is 3.23. The molecule has 3 rings (SSSR count). The third kappa shape index (κ3) is 3.71. The molecule has 1 saturated heterocycles. The Balaban J connectivity index is 1.84. The van der Waals surface area contributed by atoms with Gasteiger partial charge in [-0.05, 0) is 18.4 Å². The number of likely N-dealkylation sites (tertiary alicyclic amines) is 1. The minimum absolute atomic E-state index is 0.00143. The van der Waals surface area contributed by atoms with E-state index in [2.05, 4.69) is 0 Å². The van der Waals surface area contributed by atoms with Gasteiger partial charge >= 0.3 is 5.69 Å². The van der Waals surface area contributed by atoms with Gasteiger partial charge in [0.2, 0.25) is 5.91 Å². The smallest absolute Gasteiger partial charge is 0.331 e. The van der Waals surface area contributed by atoms with E-state index in [-0.39, 0.29) is 18.5 Å². The fourth-order valence-electron chi connectivity index (χ4n) is 3.24. The van der Waals surface area contributed by atoms with Gasteiger partial charge < -0.3 is 10.6 Å². The molecule has 1 atom stereocenters. The summed E-state index contributed by atoms with van der Waals surface area (Å²) in [6, 6.07) is 10.8. The van der Waals surface area contributed by atoms with Crippen LogP contribution in [-0.4, -0.2) is 39.1 Å². The van der Waals surface area contributed by atoms with E-state index in [1.165, 1.54) is 16.8 Å². The Labute approximate surface area is 145 Å². The predicted molar refractivity (Wildman–Crippen MR) is 94.3 cm³/mol. The predicted octanol–water partition coefficient (Wildman–Crippen LogP) is 0.00800. The van der Waals surface area contributed by atoms with Crippen molar-refractivity contribution in [1.82, 2.24) is 14.0 Å². The Morgan fingerprint density at radius 3 is 2.64 bits per heavy atom. The average Bonchev–Trinajstić information content (AvgIpc) is 3.11. The number of nitrogens with zero attached hydrogens (tertiary/aromatic N) is 3. The monoisotopic (exact) mass is 342 g/mol. The molecule has 1 aromatic heterocycles. The Morgan fingerprint density at radius 1 is 1.16 bits per heavy atom. The lowest BCUT2D eigenvalue weighted by atomic mass is 10.2. The molecule has 7 heteroatoms. The van der Waals surface area contributed by atoms with Gasteiger partial charge in [0.15, 0.2) is 0 Å². The zero-order valence-electron chi connectivity index (χ0n) is 14.0. The second-order valence-electron chi connectivity index (χ2n) is 6.26. The summed E-state index contributed by atoms with van der Waals surface area (Å²) in [5.74, 6) is -0.232. The fraction of sp³-hybridized carbons (Fsp3) is 0.389. The Kier molecular flexibility index (Phi) is 5.14. The maximum atomic E-state index is 12.6. The van der Waals surface area contributed by atoms with Crippen LogP contribution < -0.4 is 17.0 Å². The molecule has 1 amide bonds. The van der Waals surface area contributed by atoms with Gasteiger partial charge in [0, 0.05) is 31.4 Å². The zero-order chi connectivity index (χ0) is 17.8. The second-order valence-corrected chi connectivity index (χ2v) is 6.26. The third-order valence-corrected chi connectivity index (χ3v) is 4.60. The van der Waals surface area contributed by atoms with E-state index in [1.54, 1.807) is 4.90 Å². The highest BCUT2D eigenvalue weighted by atomic mass is 16.2. The summed E-state index contributed by atoms with van der Waals surface area (Å²) in [4.78, 5) is 38.9. The summed E-state index contributed by atoms with van der Waals surface area (Å²) < 4.78 is 2.44. The number of nitrogens with two attached hydrogens (primary N) is 1. The van der Waals surface area contributed by atoms with E-state index in [9.17, 15) is 14.4 Å². The van der Waals surface area contributed by atoms with Crippen LogP contribution in [0.25, 0.3) is 0 Å². The number of benzene rings is 1. The van der Waals surface area contributed by atoms with E-state index in [1.807, 2.05) is 30.3 Å². The molecule has 1 unspecified atom stereocenters. The number of carbonyl (C=O) groups excluding carboxylic acids is 1. The van der Waals surface area contributed by atoms with E-state index in [0.29, 0.717) is 19.6 Å². The zero-order valence-corrected chi connectivity index (χ0v) is 14.0. The second kappa shape index (κ2) is 7.48. The molecular formula is C18H22N4O3. The van der Waals surface area contributed by atoms with Crippen molar-refractivity contribution in [2.75, 3.05) is 13.1 Å². The van der Waals surface area contributed by atoms with E-state index < -0.39 is 11.2 Å². The maximum Gasteiger partial charge on any atom is 0.331 e. The van der Waals surface area contributed by atoms with Gasteiger partial charge in [-0.1, -0.05) is 30.3 Å². The number of aromatic nitrogens is 2. The Bertz CT molecular complexity index is 857. The molecule has 25 heavy (non-hydrogen) atoms. The van der Waals surface area contributed by atoms with Crippen LogP contribution >= 0.6 is 0 Å². The molecule has 2 heterocycles. The van der Waals surface area contributed by atoms with Crippen molar-refractivity contribution in [3.63, 3.8) is 0 Å². The first-order valence-corrected chi connectivity index (χ1v) is 8.44. The van der Waals surface area contributed by atoms with Crippen LogP contribution in [0.3, 0.4) is 0 Å². The largest absolute Gasteiger partial charge is 0.337 e. The third-order valence-electron chi connectivity index (χ3n) is 4.60. The molecule has 0 spiro atoms. The van der Waals surface area contributed by atoms with Crippen LogP contribution in [0.4, 0.5) is 0 Å². The topological polar surface area (TPSA) is 90.3 Å². The van der Waals surface area contributed by atoms with Crippen molar-refractivity contribution in [3.05, 3.63) is 69.0 Å². The number of hydrogen-bond acceptors (Lipinski definition) is 4. The van der Waals surface area contributed by atoms with Gasteiger partial charge in [0.05, 0.1) is 6.54 Å². The van der Waals surface area contributed by atoms with Crippen LogP contribution in [-0.2, 0) is 17.9 Å². The summed E-state index contributed by atoms with van der Waals surface area (Å²) in [6.45, 7) is 1.13. The molecular weight excluding hydrogens is 320 g/mol. The molecule has 2 N–H and O–H groups in total. The van der Waals surface area contributed by atoms with Crippen molar-refractivity contribution in [2.24, 2.45) is 5.73 Å². The van der Waals surface area contributed by atoms with Crippen LogP contribution in [0.2, 0.25) is 0 Å². The quantitative estimate of drug-likeness (QED) is 0.829. The van der Waals surface area contributed by atoms with Crippen molar-refractivity contribution in [2.45, 2.75) is 32.0 Å². The molecule has 0 aliphatic carbocycles. The highest BCUT2D eigenvalue weighted by molar-refractivity contribution is 5.76. The molecule has 7 nitrogen and oxygen atoms in total. The van der Waals surface area contributed by atoms with Gasteiger partial charge in [0.25, 0.3) is 5.56 Å². The van der Waals surface area contributed by atoms with E-state index in [0.717, 1.165) is 23.0 Å². The Hall–Kier alpha value is -2.67. The molecule has 0 radical (unpaired) electrons. The van der Waals surface area contributed by atoms with E-state index in [4.69, 9.17) is 5.73 Å². The standard InChI is InChI=1S/C18H22N4O3/c19-11-15-7-4-9-21(15)17(24)13-22-16(23)8-10-20(18(22)25)12-14-5-2-1-3-6-14/h1-3,5-6,8,10,15H,4,7,9,11-13,19H2. The lowest BCUT2D eigenvalue weighted by Crippen LogP contribution is -2.46. The normalized spacial score (nSPS) is 17.0. The molecule has 1 aliphatic heterocycles. The lowest BCUT2D eigenvalue weighted by molar-refractivity contribution is -0.132. The first-order chi connectivity index (χ1) is 12.1. The summed E-state index contributed by atoms with van der Waals surface area (Å²) >= 11 is 0. The number of amides is 1. The summed E-state index contributed by atoms with van der Waals surface area (Å²) in [5.41, 5.74) is 5.70. The van der Waals surface area contributed by atoms with Crippen LogP contribution in [0.15, 0.2) is 52.2 Å². The number of carbonyl (C=O) groups is 1. The first kappa shape index (κ1) is 17.2. The molecule has 0 bridgehead atoms. The first-order valence-electron chi connectivity index (χ1n) is 8.44. The molecule has 1 fully saturated rings. The van der Waals surface area contributed by atoms with Gasteiger partial charge in [-0.15, -0.1) is 0 Å². The number of rotatable bonds is 5. The lowest BCUT2D eigenvalue weighted by Gasteiger charge is -2.23. The van der Waals surface area contributed by atoms with Gasteiger partial charge in [-0.25, -0.2) is 4.79 Å². The summed E-state index contributed by atoms with van der Waals surface area (Å²) in [5, 5.41) is 0. The average molecular weight is 342 g/mol. The van der Waals surface area contributed by atoms with Crippen molar-refractivity contribution >= 4 is 5.91 Å². The van der Waals surface area contributed by atoms with E-state index >= 15 is 0 Å². The molecule has 132 valence electrons. The van der Waals surface area contributed by atoms with Gasteiger partial charge in [-0.3, -0.25) is 18.7 Å². The van der Waals surface area contributed by atoms with Gasteiger partial charge in [-0.2, -0.15) is 0 Å². The van der Waals surface area contributed by atoms with Crippen molar-refractivity contribution in [1.29, 1.82) is 0 Å². The minimum atomic E-state index is -0.479. The van der Waals surface area contributed by atoms with Crippen LogP contribution in [0.1, 0.15) is 18.4 Å². The molecule has 0 saturated carbocycles. The molecule has 2 aromatic rings. The number of hydrogen-bond donors (Lipinski definition) is 1. The highest BCUT2D eigenvalue weighted by Crippen LogP contribution is 2.16. The Morgan fingerprint density at radius 2 is 1.92 bits per heavy atom.